The fourth-order valence-corrected chi connectivity index (χ4v) is 7.07. The van der Waals surface area contributed by atoms with Gasteiger partial charge in [0, 0.05) is 31.2 Å². The summed E-state index contributed by atoms with van der Waals surface area (Å²) in [5.74, 6) is -4.42. The molecule has 2 saturated heterocycles. The van der Waals surface area contributed by atoms with Crippen LogP contribution in [-0.4, -0.2) is 83.5 Å². The zero-order chi connectivity index (χ0) is 39.6. The number of rotatable bonds is 18. The third kappa shape index (κ3) is 10.7. The Morgan fingerprint density at radius 3 is 2.58 bits per heavy atom. The predicted octanol–water partition coefficient (Wildman–Crippen LogP) is 4.31. The molecule has 2 aliphatic heterocycles. The Balaban J connectivity index is 1.51. The average Bonchev–Trinajstić information content (AvgIpc) is 3.77. The maximum Gasteiger partial charge on any atom is 0.532 e. The molecule has 1 aromatic heterocycles. The summed E-state index contributed by atoms with van der Waals surface area (Å²) in [5, 5.41) is 24.2. The molecule has 2 aliphatic rings. The van der Waals surface area contributed by atoms with Gasteiger partial charge in [0.25, 0.3) is 5.91 Å². The molecule has 6 atom stereocenters. The van der Waals surface area contributed by atoms with Crippen molar-refractivity contribution in [3.8, 4) is 17.6 Å². The van der Waals surface area contributed by atoms with E-state index < -0.39 is 69.1 Å². The topological polar surface area (TPSA) is 233 Å². The quantitative estimate of drug-likeness (QED) is 0.0789. The second-order valence-corrected chi connectivity index (χ2v) is 14.1. The lowest BCUT2D eigenvalue weighted by Gasteiger charge is -2.35. The van der Waals surface area contributed by atoms with Crippen LogP contribution < -0.4 is 20.3 Å². The molecule has 0 aliphatic carbocycles. The van der Waals surface area contributed by atoms with Crippen LogP contribution in [0.1, 0.15) is 55.6 Å². The Labute approximate surface area is 319 Å². The van der Waals surface area contributed by atoms with E-state index in [1.54, 1.807) is 18.2 Å². The van der Waals surface area contributed by atoms with Gasteiger partial charge in [-0.15, -0.1) is 0 Å². The molecular formula is C35H38ClN4O14P. The number of halogens is 1. The summed E-state index contributed by atoms with van der Waals surface area (Å²) in [6, 6.07) is 15.2. The molecule has 2 aromatic carbocycles. The van der Waals surface area contributed by atoms with E-state index in [-0.39, 0.29) is 53.8 Å². The third-order valence-corrected chi connectivity index (χ3v) is 9.91. The molecule has 1 amide bonds. The number of esters is 1. The summed E-state index contributed by atoms with van der Waals surface area (Å²) in [4.78, 5) is 54.6. The van der Waals surface area contributed by atoms with Crippen LogP contribution in [0.3, 0.4) is 0 Å². The molecule has 0 saturated carbocycles. The number of Topliss-reactive ketones (excluding diaryl/α,β-unsaturated/α-hetero) is 1. The number of aliphatic hydroxyl groups is 1. The van der Waals surface area contributed by atoms with Gasteiger partial charge in [0.1, 0.15) is 29.7 Å². The van der Waals surface area contributed by atoms with Gasteiger partial charge in [0.15, 0.2) is 24.7 Å². The minimum Gasteiger partial charge on any atom is -0.497 e. The molecule has 3 aromatic rings. The molecular weight excluding hydrogens is 767 g/mol. The Hall–Kier alpha value is -4.70. The smallest absolute Gasteiger partial charge is 0.497 e. The molecule has 55 heavy (non-hydrogen) atoms. The van der Waals surface area contributed by atoms with Crippen LogP contribution in [0.4, 0.5) is 5.82 Å². The third-order valence-electron chi connectivity index (χ3n) is 8.16. The standard InChI is InChI=1S/C35H38ClN4O14P/c1-22(41)10-15-29(42)49-21-27-35(45,54-55(46,50-20-6-17-37)53-26-8-4-3-7-25(26)36)31(52-30-9-5-19-48-30)33(51-27)40-18-16-28(39-34(40)44)38-32(43)23-11-13-24(47-2)14-12-23/h3-4,7-8,11-14,16,18,27,30-31,33,45H,5-6,9-10,15,19-21H2,1-2H3,(H,38,39,43,44)/t27-,30?,31+,33-,35-,55?/m1/s1. The van der Waals surface area contributed by atoms with Crippen molar-refractivity contribution in [2.24, 2.45) is 0 Å². The van der Waals surface area contributed by atoms with Gasteiger partial charge in [-0.05, 0) is 55.8 Å². The van der Waals surface area contributed by atoms with Crippen LogP contribution in [0, 0.1) is 11.3 Å². The monoisotopic (exact) mass is 804 g/mol. The van der Waals surface area contributed by atoms with E-state index >= 15 is 0 Å². The van der Waals surface area contributed by atoms with Crippen molar-refractivity contribution < 1.29 is 61.3 Å². The van der Waals surface area contributed by atoms with E-state index in [1.807, 2.05) is 6.07 Å². The number of nitrogens with one attached hydrogen (secondary N) is 1. The first-order valence-electron chi connectivity index (χ1n) is 16.9. The Kier molecular flexibility index (Phi) is 14.1. The van der Waals surface area contributed by atoms with Gasteiger partial charge in [0.05, 0.1) is 37.7 Å². The van der Waals surface area contributed by atoms with Gasteiger partial charge < -0.3 is 43.4 Å². The van der Waals surface area contributed by atoms with E-state index in [0.29, 0.717) is 18.6 Å². The first kappa shape index (κ1) is 41.5. The van der Waals surface area contributed by atoms with Crippen LogP contribution >= 0.6 is 19.4 Å². The first-order chi connectivity index (χ1) is 26.3. The lowest BCUT2D eigenvalue weighted by molar-refractivity contribution is -0.267. The number of carbonyl (C=O) groups excluding carboxylic acids is 3. The summed E-state index contributed by atoms with van der Waals surface area (Å²) in [6.45, 7) is 0.308. The lowest BCUT2D eigenvalue weighted by atomic mass is 10.1. The molecule has 0 bridgehead atoms. The summed E-state index contributed by atoms with van der Waals surface area (Å²) >= 11 is 6.27. The number of hydrogen-bond donors (Lipinski definition) is 2. The van der Waals surface area contributed by atoms with E-state index in [4.69, 9.17) is 54.1 Å². The normalized spacial score (nSPS) is 23.0. The van der Waals surface area contributed by atoms with E-state index in [9.17, 15) is 28.8 Å². The second kappa shape index (κ2) is 18.8. The van der Waals surface area contributed by atoms with Gasteiger partial charge >= 0.3 is 19.5 Å². The Morgan fingerprint density at radius 1 is 1.16 bits per heavy atom. The minimum absolute atomic E-state index is 0.0114. The van der Waals surface area contributed by atoms with Crippen molar-refractivity contribution in [2.75, 3.05) is 32.2 Å². The molecule has 0 radical (unpaired) electrons. The van der Waals surface area contributed by atoms with Gasteiger partial charge in [-0.3, -0.25) is 18.7 Å². The van der Waals surface area contributed by atoms with E-state index in [1.165, 1.54) is 56.6 Å². The molecule has 2 unspecified atom stereocenters. The molecule has 0 spiro atoms. The van der Waals surface area contributed by atoms with Crippen LogP contribution in [0.5, 0.6) is 11.5 Å². The summed E-state index contributed by atoms with van der Waals surface area (Å²) in [6.07, 6.45) is -4.84. The predicted molar refractivity (Wildman–Crippen MR) is 190 cm³/mol. The highest BCUT2D eigenvalue weighted by atomic mass is 35.5. The van der Waals surface area contributed by atoms with Crippen molar-refractivity contribution in [1.82, 2.24) is 9.55 Å². The van der Waals surface area contributed by atoms with Crippen LogP contribution in [0.15, 0.2) is 65.6 Å². The van der Waals surface area contributed by atoms with Crippen molar-refractivity contribution >= 4 is 42.9 Å². The highest BCUT2D eigenvalue weighted by Crippen LogP contribution is 2.57. The lowest BCUT2D eigenvalue weighted by Crippen LogP contribution is -2.54. The molecule has 5 rings (SSSR count). The number of ether oxygens (including phenoxy) is 5. The van der Waals surface area contributed by atoms with Crippen molar-refractivity contribution in [2.45, 2.75) is 69.5 Å². The summed E-state index contributed by atoms with van der Waals surface area (Å²) in [5.41, 5.74) is -0.750. The molecule has 2 N–H and O–H groups in total. The molecule has 2 fully saturated rings. The minimum atomic E-state index is -5.02. The van der Waals surface area contributed by atoms with Gasteiger partial charge in [-0.1, -0.05) is 23.7 Å². The average molecular weight is 805 g/mol. The van der Waals surface area contributed by atoms with Gasteiger partial charge in [0.2, 0.25) is 5.79 Å². The van der Waals surface area contributed by atoms with Crippen molar-refractivity contribution in [3.63, 3.8) is 0 Å². The molecule has 18 nitrogen and oxygen atoms in total. The molecule has 294 valence electrons. The highest BCUT2D eigenvalue weighted by Gasteiger charge is 2.64. The summed E-state index contributed by atoms with van der Waals surface area (Å²) in [7, 11) is -3.54. The molecule has 20 heteroatoms. The van der Waals surface area contributed by atoms with Crippen molar-refractivity contribution in [1.29, 1.82) is 5.26 Å². The van der Waals surface area contributed by atoms with E-state index in [2.05, 4.69) is 10.3 Å². The Bertz CT molecular complexity index is 1990. The summed E-state index contributed by atoms with van der Waals surface area (Å²) < 4.78 is 60.6. The number of nitriles is 1. The SMILES string of the molecule is COc1ccc(C(=O)Nc2ccn([C@@H]3O[C@H](COC(=O)CCC(C)=O)[C@@](O)(OP(=O)(OCCC#N)Oc4ccccc4Cl)[C@H]3OC3CCCO3)c(=O)n2)cc1. The second-order valence-electron chi connectivity index (χ2n) is 12.1. The number of nitrogens with zero attached hydrogens (tertiary/aromatic N) is 3. The largest absolute Gasteiger partial charge is 0.532 e. The fourth-order valence-electron chi connectivity index (χ4n) is 5.41. The maximum atomic E-state index is 14.4. The van der Waals surface area contributed by atoms with Crippen LogP contribution in [0.25, 0.3) is 0 Å². The van der Waals surface area contributed by atoms with Crippen LogP contribution in [0.2, 0.25) is 5.02 Å². The number of ketones is 1. The zero-order valence-corrected chi connectivity index (χ0v) is 31.3. The number of phosphoric ester groups is 1. The number of phosphoric acid groups is 1. The van der Waals surface area contributed by atoms with E-state index in [0.717, 1.165) is 4.57 Å². The molecule has 3 heterocycles. The van der Waals surface area contributed by atoms with Crippen LogP contribution in [-0.2, 0) is 42.1 Å². The number of amides is 1. The number of methoxy groups -OCH3 is 1. The number of benzene rings is 2. The number of hydrogen-bond acceptors (Lipinski definition) is 16. The maximum absolute atomic E-state index is 14.4. The fraction of sp³-hybridized carbons (Fsp3) is 0.429. The van der Waals surface area contributed by atoms with Crippen molar-refractivity contribution in [3.05, 3.63) is 81.9 Å². The number of carbonyl (C=O) groups is 3. The van der Waals surface area contributed by atoms with Gasteiger partial charge in [-0.2, -0.15) is 10.2 Å². The Morgan fingerprint density at radius 2 is 1.93 bits per heavy atom. The van der Waals surface area contributed by atoms with Gasteiger partial charge in [-0.25, -0.2) is 13.9 Å². The number of para-hydroxylation sites is 1. The highest BCUT2D eigenvalue weighted by molar-refractivity contribution is 7.49. The number of aromatic nitrogens is 2. The zero-order valence-electron chi connectivity index (χ0n) is 29.7. The first-order valence-corrected chi connectivity index (χ1v) is 18.8. The number of anilines is 1.